The molecule has 130 valence electrons. The molecule has 0 amide bonds. The summed E-state index contributed by atoms with van der Waals surface area (Å²) in [6, 6.07) is 3.00. The van der Waals surface area contributed by atoms with Crippen molar-refractivity contribution in [1.29, 1.82) is 0 Å². The lowest BCUT2D eigenvalue weighted by Crippen LogP contribution is -2.45. The molecule has 1 aliphatic heterocycles. The van der Waals surface area contributed by atoms with E-state index < -0.39 is 12.0 Å². The van der Waals surface area contributed by atoms with E-state index in [1.807, 2.05) is 0 Å². The summed E-state index contributed by atoms with van der Waals surface area (Å²) in [5.41, 5.74) is 1.71. The van der Waals surface area contributed by atoms with Gasteiger partial charge in [0.25, 0.3) is 0 Å². The van der Waals surface area contributed by atoms with Crippen LogP contribution in [-0.4, -0.2) is 39.5 Å². The molecular weight excluding hydrogens is 332 g/mol. The molecule has 0 aromatic heterocycles. The van der Waals surface area contributed by atoms with Crippen LogP contribution in [0.4, 0.5) is 0 Å². The van der Waals surface area contributed by atoms with Crippen molar-refractivity contribution in [2.45, 2.75) is 13.0 Å². The van der Waals surface area contributed by atoms with Crippen LogP contribution in [0.1, 0.15) is 18.5 Å². The zero-order chi connectivity index (χ0) is 17.9. The Morgan fingerprint density at radius 1 is 1.08 bits per heavy atom. The zero-order valence-electron chi connectivity index (χ0n) is 14.2. The quantitative estimate of drug-likeness (QED) is 0.612. The van der Waals surface area contributed by atoms with Crippen LogP contribution in [0, 0.1) is 0 Å². The minimum Gasteiger partial charge on any atom is -0.493 e. The van der Waals surface area contributed by atoms with Crippen molar-refractivity contribution in [3.05, 3.63) is 29.0 Å². The minimum atomic E-state index is -0.541. The van der Waals surface area contributed by atoms with E-state index in [0.717, 1.165) is 0 Å². The van der Waals surface area contributed by atoms with E-state index >= 15 is 0 Å². The molecule has 2 N–H and O–H groups in total. The van der Waals surface area contributed by atoms with Crippen LogP contribution in [0.3, 0.4) is 0 Å². The molecule has 0 bridgehead atoms. The van der Waals surface area contributed by atoms with Gasteiger partial charge in [0.1, 0.15) is 0 Å². The summed E-state index contributed by atoms with van der Waals surface area (Å²) < 4.78 is 21.1. The second-order valence-corrected chi connectivity index (χ2v) is 5.39. The zero-order valence-corrected chi connectivity index (χ0v) is 15.0. The number of rotatable bonds is 5. The molecule has 0 saturated heterocycles. The van der Waals surface area contributed by atoms with Gasteiger partial charge >= 0.3 is 5.97 Å². The van der Waals surface area contributed by atoms with Crippen molar-refractivity contribution in [2.24, 2.45) is 0 Å². The normalized spacial score (nSPS) is 16.9. The second-order valence-electron chi connectivity index (χ2n) is 4.99. The van der Waals surface area contributed by atoms with Gasteiger partial charge in [-0.2, -0.15) is 0 Å². The van der Waals surface area contributed by atoms with Crippen LogP contribution in [0.25, 0.3) is 0 Å². The van der Waals surface area contributed by atoms with Gasteiger partial charge in [-0.05, 0) is 31.3 Å². The van der Waals surface area contributed by atoms with Crippen molar-refractivity contribution >= 4 is 23.3 Å². The van der Waals surface area contributed by atoms with Crippen LogP contribution >= 0.6 is 12.2 Å². The van der Waals surface area contributed by atoms with E-state index in [2.05, 4.69) is 10.6 Å². The Morgan fingerprint density at radius 2 is 1.75 bits per heavy atom. The molecule has 1 aliphatic rings. The van der Waals surface area contributed by atoms with Gasteiger partial charge in [0.15, 0.2) is 16.6 Å². The molecule has 0 aliphatic carbocycles. The number of carbonyl (C=O) groups excluding carboxylic acids is 1. The SMILES string of the molecule is COC(=O)C1=C(C)NC(=S)N[C@H]1c1ccc(OC)c(OC)c1OC. The third-order valence-electron chi connectivity index (χ3n) is 3.72. The van der Waals surface area contributed by atoms with Crippen LogP contribution < -0.4 is 24.8 Å². The predicted octanol–water partition coefficient (Wildman–Crippen LogP) is 1.68. The van der Waals surface area contributed by atoms with Crippen LogP contribution in [0.15, 0.2) is 23.4 Å². The standard InChI is InChI=1S/C16H20N2O5S/c1-8-11(15(19)23-5)12(18-16(24)17-8)9-6-7-10(20-2)14(22-4)13(9)21-3/h6-7,12H,1-5H3,(H2,17,18,24)/t12-/m0/s1. The molecular formula is C16H20N2O5S. The van der Waals surface area contributed by atoms with Crippen molar-refractivity contribution in [3.8, 4) is 17.2 Å². The van der Waals surface area contributed by atoms with E-state index in [1.54, 1.807) is 26.2 Å². The summed E-state index contributed by atoms with van der Waals surface area (Å²) in [6.07, 6.45) is 0. The Kier molecular flexibility index (Phi) is 5.50. The number of carbonyl (C=O) groups is 1. The topological polar surface area (TPSA) is 78.1 Å². The highest BCUT2D eigenvalue weighted by Crippen LogP contribution is 2.44. The second kappa shape index (κ2) is 7.39. The molecule has 1 aromatic carbocycles. The van der Waals surface area contributed by atoms with Gasteiger partial charge in [0, 0.05) is 11.3 Å². The first-order valence-corrected chi connectivity index (χ1v) is 7.54. The fourth-order valence-electron chi connectivity index (χ4n) is 2.66. The third-order valence-corrected chi connectivity index (χ3v) is 3.94. The number of methoxy groups -OCH3 is 4. The molecule has 8 heteroatoms. The number of esters is 1. The first kappa shape index (κ1) is 17.9. The number of thiocarbonyl (C=S) groups is 1. The average molecular weight is 352 g/mol. The maximum absolute atomic E-state index is 12.2. The van der Waals surface area contributed by atoms with Crippen molar-refractivity contribution < 1.29 is 23.7 Å². The molecule has 0 saturated carbocycles. The smallest absolute Gasteiger partial charge is 0.337 e. The van der Waals surface area contributed by atoms with E-state index in [-0.39, 0.29) is 0 Å². The molecule has 7 nitrogen and oxygen atoms in total. The third kappa shape index (κ3) is 3.09. The molecule has 0 radical (unpaired) electrons. The summed E-state index contributed by atoms with van der Waals surface area (Å²) in [5.74, 6) is 0.950. The van der Waals surface area contributed by atoms with Crippen LogP contribution in [0.5, 0.6) is 17.2 Å². The number of ether oxygens (including phenoxy) is 4. The lowest BCUT2D eigenvalue weighted by Gasteiger charge is -2.31. The first-order chi connectivity index (χ1) is 11.5. The number of hydrogen-bond donors (Lipinski definition) is 2. The fourth-order valence-corrected chi connectivity index (χ4v) is 2.93. The van der Waals surface area contributed by atoms with E-state index in [9.17, 15) is 4.79 Å². The van der Waals surface area contributed by atoms with Gasteiger partial charge in [0.05, 0.1) is 40.1 Å². The largest absolute Gasteiger partial charge is 0.493 e. The number of nitrogens with one attached hydrogen (secondary N) is 2. The van der Waals surface area contributed by atoms with Crippen molar-refractivity contribution in [2.75, 3.05) is 28.4 Å². The maximum Gasteiger partial charge on any atom is 0.337 e. The highest BCUT2D eigenvalue weighted by molar-refractivity contribution is 7.80. The summed E-state index contributed by atoms with van der Waals surface area (Å²) in [7, 11) is 5.92. The summed E-state index contributed by atoms with van der Waals surface area (Å²) in [4.78, 5) is 12.2. The van der Waals surface area contributed by atoms with Crippen molar-refractivity contribution in [1.82, 2.24) is 10.6 Å². The Balaban J connectivity index is 2.66. The summed E-state index contributed by atoms with van der Waals surface area (Å²) >= 11 is 5.22. The number of hydrogen-bond acceptors (Lipinski definition) is 6. The molecule has 24 heavy (non-hydrogen) atoms. The lowest BCUT2D eigenvalue weighted by atomic mass is 9.94. The molecule has 2 rings (SSSR count). The molecule has 0 spiro atoms. The average Bonchev–Trinajstić information content (AvgIpc) is 2.58. The van der Waals surface area contributed by atoms with Gasteiger partial charge in [-0.3, -0.25) is 0 Å². The number of benzene rings is 1. The molecule has 0 fully saturated rings. The highest BCUT2D eigenvalue weighted by Gasteiger charge is 2.34. The summed E-state index contributed by atoms with van der Waals surface area (Å²) in [5, 5.41) is 6.42. The van der Waals surface area contributed by atoms with Gasteiger partial charge < -0.3 is 29.6 Å². The van der Waals surface area contributed by atoms with Crippen LogP contribution in [-0.2, 0) is 9.53 Å². The van der Waals surface area contributed by atoms with E-state index in [1.165, 1.54) is 21.3 Å². The van der Waals surface area contributed by atoms with Gasteiger partial charge in [-0.15, -0.1) is 0 Å². The predicted molar refractivity (Wildman–Crippen MR) is 92.4 cm³/mol. The Bertz CT molecular complexity index is 702. The van der Waals surface area contributed by atoms with Gasteiger partial charge in [0.2, 0.25) is 5.75 Å². The molecule has 1 aromatic rings. The van der Waals surface area contributed by atoms with E-state index in [0.29, 0.717) is 39.2 Å². The fraction of sp³-hybridized carbons (Fsp3) is 0.375. The molecule has 1 heterocycles. The number of allylic oxidation sites excluding steroid dienone is 1. The van der Waals surface area contributed by atoms with Crippen LogP contribution in [0.2, 0.25) is 0 Å². The molecule has 0 unspecified atom stereocenters. The monoisotopic (exact) mass is 352 g/mol. The van der Waals surface area contributed by atoms with Gasteiger partial charge in [-0.1, -0.05) is 0 Å². The Hall–Kier alpha value is -2.48. The minimum absolute atomic E-state index is 0.405. The highest BCUT2D eigenvalue weighted by atomic mass is 32.1. The summed E-state index contributed by atoms with van der Waals surface area (Å²) in [6.45, 7) is 1.76. The molecule has 1 atom stereocenters. The Morgan fingerprint density at radius 3 is 2.29 bits per heavy atom. The Labute approximate surface area is 145 Å². The van der Waals surface area contributed by atoms with Gasteiger partial charge in [-0.25, -0.2) is 4.79 Å². The maximum atomic E-state index is 12.2. The first-order valence-electron chi connectivity index (χ1n) is 7.13. The van der Waals surface area contributed by atoms with Crippen molar-refractivity contribution in [3.63, 3.8) is 0 Å². The van der Waals surface area contributed by atoms with E-state index in [4.69, 9.17) is 31.2 Å². The lowest BCUT2D eigenvalue weighted by molar-refractivity contribution is -0.136.